The Bertz CT molecular complexity index is 2640. The van der Waals surface area contributed by atoms with Crippen molar-refractivity contribution < 1.29 is 0 Å². The third-order valence-corrected chi connectivity index (χ3v) is 13.8. The van der Waals surface area contributed by atoms with Crippen molar-refractivity contribution in [3.05, 3.63) is 157 Å². The fourth-order valence-electron chi connectivity index (χ4n) is 12.2. The second kappa shape index (κ2) is 9.95. The Balaban J connectivity index is 1.14. The average molecular weight is 639 g/mol. The summed E-state index contributed by atoms with van der Waals surface area (Å²) in [7, 11) is 0. The summed E-state index contributed by atoms with van der Waals surface area (Å²) < 4.78 is 0. The molecule has 0 saturated heterocycles. The number of hydrogen-bond donors (Lipinski definition) is 0. The Kier molecular flexibility index (Phi) is 5.49. The lowest BCUT2D eigenvalue weighted by atomic mass is 9.43. The number of rotatable bonds is 2. The summed E-state index contributed by atoms with van der Waals surface area (Å²) in [5.74, 6) is 3.36. The van der Waals surface area contributed by atoms with E-state index in [1.54, 1.807) is 11.1 Å². The van der Waals surface area contributed by atoms with Crippen LogP contribution in [0.3, 0.4) is 0 Å². The van der Waals surface area contributed by atoms with Gasteiger partial charge in [-0.25, -0.2) is 0 Å². The molecule has 8 aromatic rings. The minimum atomic E-state index is 0.140. The van der Waals surface area contributed by atoms with Crippen LogP contribution in [0.15, 0.2) is 146 Å². The SMILES string of the molecule is c1ccc2cc(-c3c4ccccc4c(-c4ccc5c(c4)-c4ccc6ccccc6c4C54C5CC6CC(C5)CC4C6)c4ccccc34)ccc2c1. The molecule has 50 heavy (non-hydrogen) atoms. The predicted octanol–water partition coefficient (Wildman–Crippen LogP) is 13.4. The number of hydrogen-bond acceptors (Lipinski definition) is 0. The molecule has 13 rings (SSSR count). The fourth-order valence-corrected chi connectivity index (χ4v) is 12.2. The smallest absolute Gasteiger partial charge is 0.0278 e. The largest absolute Gasteiger partial charge is 0.0616 e. The average Bonchev–Trinajstić information content (AvgIpc) is 3.46. The van der Waals surface area contributed by atoms with Crippen LogP contribution in [0.1, 0.15) is 43.2 Å². The number of benzene rings is 8. The molecule has 5 aliphatic carbocycles. The van der Waals surface area contributed by atoms with Gasteiger partial charge in [-0.2, -0.15) is 0 Å². The van der Waals surface area contributed by atoms with Crippen LogP contribution in [0.4, 0.5) is 0 Å². The maximum Gasteiger partial charge on any atom is 0.0278 e. The van der Waals surface area contributed by atoms with Gasteiger partial charge in [-0.05, 0) is 156 Å². The molecule has 4 bridgehead atoms. The summed E-state index contributed by atoms with van der Waals surface area (Å²) in [5, 5.41) is 10.8. The summed E-state index contributed by atoms with van der Waals surface area (Å²) in [4.78, 5) is 0. The van der Waals surface area contributed by atoms with Crippen molar-refractivity contribution in [2.24, 2.45) is 23.7 Å². The van der Waals surface area contributed by atoms with Crippen molar-refractivity contribution >= 4 is 43.1 Å². The van der Waals surface area contributed by atoms with Crippen molar-refractivity contribution in [1.82, 2.24) is 0 Å². The van der Waals surface area contributed by atoms with Crippen LogP contribution in [0.2, 0.25) is 0 Å². The van der Waals surface area contributed by atoms with Gasteiger partial charge in [-0.3, -0.25) is 0 Å². The van der Waals surface area contributed by atoms with E-state index >= 15 is 0 Å². The van der Waals surface area contributed by atoms with Crippen molar-refractivity contribution in [3.8, 4) is 33.4 Å². The lowest BCUT2D eigenvalue weighted by Gasteiger charge is -2.61. The van der Waals surface area contributed by atoms with Gasteiger partial charge in [0.2, 0.25) is 0 Å². The van der Waals surface area contributed by atoms with E-state index in [4.69, 9.17) is 0 Å². The van der Waals surface area contributed by atoms with Crippen molar-refractivity contribution in [2.45, 2.75) is 37.5 Å². The molecule has 0 nitrogen and oxygen atoms in total. The minimum absolute atomic E-state index is 0.140. The predicted molar refractivity (Wildman–Crippen MR) is 211 cm³/mol. The van der Waals surface area contributed by atoms with Gasteiger partial charge >= 0.3 is 0 Å². The molecule has 4 fully saturated rings. The Morgan fingerprint density at radius 2 is 0.880 bits per heavy atom. The molecule has 0 N–H and O–H groups in total. The van der Waals surface area contributed by atoms with Crippen LogP contribution < -0.4 is 0 Å². The van der Waals surface area contributed by atoms with E-state index in [1.807, 2.05) is 0 Å². The normalized spacial score (nSPS) is 24.5. The summed E-state index contributed by atoms with van der Waals surface area (Å²) in [5.41, 5.74) is 11.7. The van der Waals surface area contributed by atoms with E-state index < -0.39 is 0 Å². The third-order valence-electron chi connectivity index (χ3n) is 13.8. The highest BCUT2D eigenvalue weighted by Crippen LogP contribution is 2.70. The minimum Gasteiger partial charge on any atom is -0.0616 e. The van der Waals surface area contributed by atoms with Crippen molar-refractivity contribution in [1.29, 1.82) is 0 Å². The van der Waals surface area contributed by atoms with Crippen LogP contribution >= 0.6 is 0 Å². The molecule has 4 saturated carbocycles. The molecule has 1 spiro atoms. The Labute approximate surface area is 293 Å². The van der Waals surface area contributed by atoms with Gasteiger partial charge in [0.25, 0.3) is 0 Å². The second-order valence-electron chi connectivity index (χ2n) is 16.0. The molecule has 0 unspecified atom stereocenters. The second-order valence-corrected chi connectivity index (χ2v) is 16.0. The van der Waals surface area contributed by atoms with Gasteiger partial charge in [0.05, 0.1) is 0 Å². The molecule has 8 aromatic carbocycles. The van der Waals surface area contributed by atoms with Gasteiger partial charge in [0.1, 0.15) is 0 Å². The number of fused-ring (bicyclic) bond motifs is 8. The van der Waals surface area contributed by atoms with Gasteiger partial charge in [-0.15, -0.1) is 0 Å². The zero-order valence-corrected chi connectivity index (χ0v) is 28.2. The molecular formula is C50H38. The first-order valence-electron chi connectivity index (χ1n) is 18.9. The molecule has 0 amide bonds. The first-order valence-corrected chi connectivity index (χ1v) is 18.9. The van der Waals surface area contributed by atoms with Crippen LogP contribution in [0.5, 0.6) is 0 Å². The van der Waals surface area contributed by atoms with Gasteiger partial charge < -0.3 is 0 Å². The van der Waals surface area contributed by atoms with E-state index in [2.05, 4.69) is 146 Å². The Morgan fingerprint density at radius 1 is 0.380 bits per heavy atom. The molecule has 5 aliphatic rings. The molecule has 0 atom stereocenters. The van der Waals surface area contributed by atoms with Crippen LogP contribution in [-0.2, 0) is 5.41 Å². The fraction of sp³-hybridized carbons (Fsp3) is 0.200. The molecule has 0 heterocycles. The standard InChI is InChI=1S/C50H38/c1-2-11-34-28-35(18-17-32(34)9-1)47-40-13-5-7-15-42(40)48(43-16-8-6-14-41(43)47)36-20-22-46-45(29-36)44-21-19-33-10-3-4-12-39(33)49(44)50(46)37-24-30-23-31(26-37)27-38(50)25-30/h1-22,28-31,37-38H,23-27H2. The zero-order chi connectivity index (χ0) is 32.6. The highest BCUT2D eigenvalue weighted by molar-refractivity contribution is 6.22. The first kappa shape index (κ1) is 27.6. The quantitative estimate of drug-likeness (QED) is 0.165. The topological polar surface area (TPSA) is 0 Å². The van der Waals surface area contributed by atoms with Crippen LogP contribution in [-0.4, -0.2) is 0 Å². The molecule has 238 valence electrons. The van der Waals surface area contributed by atoms with Crippen LogP contribution in [0.25, 0.3) is 76.5 Å². The molecule has 0 heteroatoms. The highest BCUT2D eigenvalue weighted by Gasteiger charge is 2.62. The van der Waals surface area contributed by atoms with Gasteiger partial charge in [-0.1, -0.05) is 133 Å². The molecule has 0 radical (unpaired) electrons. The third kappa shape index (κ3) is 3.52. The summed E-state index contributed by atoms with van der Waals surface area (Å²) in [6.07, 6.45) is 7.10. The summed E-state index contributed by atoms with van der Waals surface area (Å²) in [6, 6.07) is 55.8. The maximum absolute atomic E-state index is 2.60. The van der Waals surface area contributed by atoms with E-state index in [0.29, 0.717) is 0 Å². The van der Waals surface area contributed by atoms with Gasteiger partial charge in [0.15, 0.2) is 0 Å². The van der Waals surface area contributed by atoms with Crippen molar-refractivity contribution in [3.63, 3.8) is 0 Å². The van der Waals surface area contributed by atoms with E-state index in [1.165, 1.54) is 109 Å². The lowest BCUT2D eigenvalue weighted by Crippen LogP contribution is -2.55. The van der Waals surface area contributed by atoms with Crippen LogP contribution in [0, 0.1) is 23.7 Å². The molecular weight excluding hydrogens is 601 g/mol. The maximum atomic E-state index is 2.60. The molecule has 0 aromatic heterocycles. The van der Waals surface area contributed by atoms with E-state index in [0.717, 1.165) is 23.7 Å². The summed E-state index contributed by atoms with van der Waals surface area (Å²) >= 11 is 0. The monoisotopic (exact) mass is 638 g/mol. The van der Waals surface area contributed by atoms with Crippen molar-refractivity contribution in [2.75, 3.05) is 0 Å². The highest BCUT2D eigenvalue weighted by atomic mass is 14.6. The van der Waals surface area contributed by atoms with Gasteiger partial charge in [0, 0.05) is 5.41 Å². The van der Waals surface area contributed by atoms with E-state index in [-0.39, 0.29) is 5.41 Å². The summed E-state index contributed by atoms with van der Waals surface area (Å²) in [6.45, 7) is 0. The Hall–Kier alpha value is -5.20. The van der Waals surface area contributed by atoms with E-state index in [9.17, 15) is 0 Å². The lowest BCUT2D eigenvalue weighted by molar-refractivity contribution is -0.0393. The first-order chi connectivity index (χ1) is 24.8. The molecule has 0 aliphatic heterocycles. The Morgan fingerprint density at radius 3 is 1.52 bits per heavy atom. The zero-order valence-electron chi connectivity index (χ0n) is 28.2.